The maximum atomic E-state index is 12.3. The van der Waals surface area contributed by atoms with Crippen LogP contribution in [0.2, 0.25) is 0 Å². The molecule has 0 bridgehead atoms. The molecule has 0 aliphatic carbocycles. The van der Waals surface area contributed by atoms with Gasteiger partial charge in [-0.2, -0.15) is 0 Å². The topological polar surface area (TPSA) is 84.9 Å². The average molecular weight is 370 g/mol. The predicted molar refractivity (Wildman–Crippen MR) is 99.3 cm³/mol. The van der Waals surface area contributed by atoms with Crippen LogP contribution < -0.4 is 10.1 Å². The maximum absolute atomic E-state index is 12.3. The minimum absolute atomic E-state index is 0.352. The van der Waals surface area contributed by atoms with Crippen LogP contribution in [0.4, 0.5) is 0 Å². The predicted octanol–water partition coefficient (Wildman–Crippen LogP) is 1.80. The van der Waals surface area contributed by atoms with Gasteiger partial charge in [-0.25, -0.2) is 0 Å². The molecule has 0 aromatic heterocycles. The Labute approximate surface area is 157 Å². The van der Waals surface area contributed by atoms with E-state index in [-0.39, 0.29) is 12.5 Å². The summed E-state index contributed by atoms with van der Waals surface area (Å²) in [6.07, 6.45) is -1.06. The third kappa shape index (κ3) is 5.57. The average Bonchev–Trinajstić information content (AvgIpc) is 2.70. The van der Waals surface area contributed by atoms with Crippen molar-refractivity contribution in [3.05, 3.63) is 65.7 Å². The minimum atomic E-state index is -1.06. The quantitative estimate of drug-likeness (QED) is 0.751. The molecule has 2 rings (SSSR count). The molecule has 0 saturated carbocycles. The van der Waals surface area contributed by atoms with E-state index in [2.05, 4.69) is 5.32 Å². The third-order valence-corrected chi connectivity index (χ3v) is 3.76. The van der Waals surface area contributed by atoms with Crippen molar-refractivity contribution in [3.8, 4) is 5.75 Å². The Morgan fingerprint density at radius 3 is 2.19 bits per heavy atom. The van der Waals surface area contributed by atoms with E-state index in [9.17, 15) is 14.4 Å². The van der Waals surface area contributed by atoms with Crippen LogP contribution in [0.25, 0.3) is 0 Å². The van der Waals surface area contributed by atoms with E-state index in [0.717, 1.165) is 0 Å². The summed E-state index contributed by atoms with van der Waals surface area (Å²) in [5.74, 6) is -0.874. The monoisotopic (exact) mass is 370 g/mol. The van der Waals surface area contributed by atoms with Gasteiger partial charge < -0.3 is 19.7 Å². The molecule has 2 aromatic carbocycles. The first-order valence-electron chi connectivity index (χ1n) is 8.30. The van der Waals surface area contributed by atoms with E-state index in [0.29, 0.717) is 16.9 Å². The molecule has 0 heterocycles. The number of rotatable bonds is 7. The van der Waals surface area contributed by atoms with Gasteiger partial charge in [0.1, 0.15) is 12.3 Å². The summed E-state index contributed by atoms with van der Waals surface area (Å²) >= 11 is 0. The zero-order chi connectivity index (χ0) is 19.8. The summed E-state index contributed by atoms with van der Waals surface area (Å²) in [4.78, 5) is 38.0. The van der Waals surface area contributed by atoms with Gasteiger partial charge in [0.15, 0.2) is 0 Å². The molecule has 142 valence electrons. The van der Waals surface area contributed by atoms with Gasteiger partial charge in [-0.15, -0.1) is 0 Å². The summed E-state index contributed by atoms with van der Waals surface area (Å²) < 4.78 is 10.4. The van der Waals surface area contributed by atoms with Crippen molar-refractivity contribution in [2.75, 3.05) is 27.7 Å². The number of methoxy groups -OCH3 is 1. The number of nitrogens with one attached hydrogen (secondary N) is 1. The van der Waals surface area contributed by atoms with E-state index in [4.69, 9.17) is 9.47 Å². The van der Waals surface area contributed by atoms with Crippen molar-refractivity contribution in [3.63, 3.8) is 0 Å². The first kappa shape index (κ1) is 20.0. The Bertz CT molecular complexity index is 788. The molecule has 1 N–H and O–H groups in total. The van der Waals surface area contributed by atoms with Crippen molar-refractivity contribution in [2.45, 2.75) is 6.10 Å². The lowest BCUT2D eigenvalue weighted by Crippen LogP contribution is -2.35. The van der Waals surface area contributed by atoms with Crippen molar-refractivity contribution in [1.82, 2.24) is 10.2 Å². The largest absolute Gasteiger partial charge is 0.497 e. The number of ether oxygens (including phenoxy) is 2. The van der Waals surface area contributed by atoms with E-state index >= 15 is 0 Å². The molecule has 0 aliphatic heterocycles. The SMILES string of the molecule is COc1ccc(C(=O)NCC(=O)O[C@H](C(=O)N(C)C)c2ccccc2)cc1. The van der Waals surface area contributed by atoms with E-state index in [1.54, 1.807) is 68.7 Å². The molecule has 0 aliphatic rings. The third-order valence-electron chi connectivity index (χ3n) is 3.76. The number of likely N-dealkylation sites (N-methyl/N-ethyl adjacent to an activating group) is 1. The fourth-order valence-electron chi connectivity index (χ4n) is 2.29. The molecule has 7 nitrogen and oxygen atoms in total. The molecular formula is C20H22N2O5. The molecule has 0 unspecified atom stereocenters. The van der Waals surface area contributed by atoms with Gasteiger partial charge >= 0.3 is 5.97 Å². The summed E-state index contributed by atoms with van der Waals surface area (Å²) in [7, 11) is 4.69. The van der Waals surface area contributed by atoms with Crippen LogP contribution in [-0.2, 0) is 14.3 Å². The van der Waals surface area contributed by atoms with Crippen LogP contribution >= 0.6 is 0 Å². The minimum Gasteiger partial charge on any atom is -0.497 e. The summed E-state index contributed by atoms with van der Waals surface area (Å²) in [5.41, 5.74) is 0.943. The van der Waals surface area contributed by atoms with Crippen LogP contribution in [-0.4, -0.2) is 50.4 Å². The molecule has 0 saturated heterocycles. The maximum Gasteiger partial charge on any atom is 0.326 e. The van der Waals surface area contributed by atoms with E-state index < -0.39 is 18.0 Å². The Balaban J connectivity index is 1.98. The van der Waals surface area contributed by atoms with Gasteiger partial charge in [-0.05, 0) is 24.3 Å². The van der Waals surface area contributed by atoms with Crippen molar-refractivity contribution in [1.29, 1.82) is 0 Å². The second-order valence-electron chi connectivity index (χ2n) is 5.92. The highest BCUT2D eigenvalue weighted by molar-refractivity contribution is 5.96. The van der Waals surface area contributed by atoms with Gasteiger partial charge in [-0.3, -0.25) is 14.4 Å². The first-order chi connectivity index (χ1) is 12.9. The second kappa shape index (κ2) is 9.38. The number of esters is 1. The van der Waals surface area contributed by atoms with Crippen LogP contribution in [0.5, 0.6) is 5.75 Å². The lowest BCUT2D eigenvalue weighted by atomic mass is 10.1. The Morgan fingerprint density at radius 2 is 1.63 bits per heavy atom. The van der Waals surface area contributed by atoms with Gasteiger partial charge in [0.2, 0.25) is 6.10 Å². The van der Waals surface area contributed by atoms with Gasteiger partial charge in [-0.1, -0.05) is 30.3 Å². The van der Waals surface area contributed by atoms with Crippen molar-refractivity contribution < 1.29 is 23.9 Å². The van der Waals surface area contributed by atoms with Crippen LogP contribution in [0, 0.1) is 0 Å². The number of benzene rings is 2. The van der Waals surface area contributed by atoms with E-state index in [1.807, 2.05) is 0 Å². The molecule has 2 aromatic rings. The van der Waals surface area contributed by atoms with E-state index in [1.165, 1.54) is 12.0 Å². The molecule has 0 fully saturated rings. The Morgan fingerprint density at radius 1 is 1.00 bits per heavy atom. The van der Waals surface area contributed by atoms with Gasteiger partial charge in [0.05, 0.1) is 7.11 Å². The summed E-state index contributed by atoms with van der Waals surface area (Å²) in [5, 5.41) is 2.48. The molecule has 0 spiro atoms. The van der Waals surface area contributed by atoms with Gasteiger partial charge in [0.25, 0.3) is 11.8 Å². The molecule has 27 heavy (non-hydrogen) atoms. The first-order valence-corrected chi connectivity index (χ1v) is 8.30. The Hall–Kier alpha value is -3.35. The normalized spacial score (nSPS) is 11.2. The van der Waals surface area contributed by atoms with Crippen molar-refractivity contribution >= 4 is 17.8 Å². The zero-order valence-corrected chi connectivity index (χ0v) is 15.5. The second-order valence-corrected chi connectivity index (χ2v) is 5.92. The molecule has 1 atom stereocenters. The van der Waals surface area contributed by atoms with Crippen molar-refractivity contribution in [2.24, 2.45) is 0 Å². The number of nitrogens with zero attached hydrogens (tertiary/aromatic N) is 1. The lowest BCUT2D eigenvalue weighted by molar-refractivity contribution is -0.158. The Kier molecular flexibility index (Phi) is 6.93. The highest BCUT2D eigenvalue weighted by Gasteiger charge is 2.26. The molecule has 2 amide bonds. The number of carbonyl (C=O) groups excluding carboxylic acids is 3. The van der Waals surface area contributed by atoms with Gasteiger partial charge in [0, 0.05) is 25.2 Å². The fourth-order valence-corrected chi connectivity index (χ4v) is 2.29. The summed E-state index contributed by atoms with van der Waals surface area (Å²) in [6.45, 7) is -0.352. The van der Waals surface area contributed by atoms with Crippen LogP contribution in [0.3, 0.4) is 0 Å². The van der Waals surface area contributed by atoms with Crippen LogP contribution in [0.1, 0.15) is 22.0 Å². The molecular weight excluding hydrogens is 348 g/mol. The number of hydrogen-bond donors (Lipinski definition) is 1. The lowest BCUT2D eigenvalue weighted by Gasteiger charge is -2.21. The molecule has 0 radical (unpaired) electrons. The smallest absolute Gasteiger partial charge is 0.326 e. The standard InChI is InChI=1S/C20H22N2O5/c1-22(2)20(25)18(14-7-5-4-6-8-14)27-17(23)13-21-19(24)15-9-11-16(26-3)12-10-15/h4-12,18H,13H2,1-3H3,(H,21,24)/t18-/m0/s1. The highest BCUT2D eigenvalue weighted by Crippen LogP contribution is 2.19. The zero-order valence-electron chi connectivity index (χ0n) is 15.5. The summed E-state index contributed by atoms with van der Waals surface area (Å²) in [6, 6.07) is 15.2. The highest BCUT2D eigenvalue weighted by atomic mass is 16.5. The fraction of sp³-hybridized carbons (Fsp3) is 0.250. The van der Waals surface area contributed by atoms with Crippen LogP contribution in [0.15, 0.2) is 54.6 Å². The molecule has 7 heteroatoms. The number of amides is 2. The number of hydrogen-bond acceptors (Lipinski definition) is 5. The number of carbonyl (C=O) groups is 3.